The highest BCUT2D eigenvalue weighted by atomic mass is 16.5. The van der Waals surface area contributed by atoms with Gasteiger partial charge in [0.25, 0.3) is 0 Å². The number of amides is 1. The fraction of sp³-hybridized carbons (Fsp3) is 0.462. The first-order chi connectivity index (χ1) is 8.12. The molecule has 0 heterocycles. The molecule has 0 saturated heterocycles. The van der Waals surface area contributed by atoms with Crippen molar-refractivity contribution in [2.45, 2.75) is 18.4 Å². The van der Waals surface area contributed by atoms with Crippen LogP contribution in [0.4, 0.5) is 0 Å². The van der Waals surface area contributed by atoms with Crippen molar-refractivity contribution in [2.75, 3.05) is 14.2 Å². The van der Waals surface area contributed by atoms with Crippen molar-refractivity contribution in [1.29, 1.82) is 0 Å². The molecule has 4 heteroatoms. The van der Waals surface area contributed by atoms with Crippen LogP contribution in [-0.2, 0) is 16.0 Å². The largest absolute Gasteiger partial charge is 0.497 e. The molecule has 0 aromatic heterocycles. The van der Waals surface area contributed by atoms with E-state index in [1.54, 1.807) is 14.2 Å². The second-order valence-electron chi connectivity index (χ2n) is 4.41. The monoisotopic (exact) mass is 235 g/mol. The van der Waals surface area contributed by atoms with E-state index in [9.17, 15) is 4.79 Å². The molecule has 0 radical (unpaired) electrons. The maximum atomic E-state index is 11.3. The predicted molar refractivity (Wildman–Crippen MR) is 63.7 cm³/mol. The molecule has 92 valence electrons. The smallest absolute Gasteiger partial charge is 0.249 e. The van der Waals surface area contributed by atoms with E-state index in [1.165, 1.54) is 0 Å². The Bertz CT molecular complexity index is 415. The summed E-state index contributed by atoms with van der Waals surface area (Å²) in [5.74, 6) is 0.661. The summed E-state index contributed by atoms with van der Waals surface area (Å²) in [5, 5.41) is 0. The molecule has 1 aromatic rings. The Kier molecular flexibility index (Phi) is 3.07. The van der Waals surface area contributed by atoms with Crippen molar-refractivity contribution in [3.05, 3.63) is 29.8 Å². The zero-order chi connectivity index (χ0) is 12.5. The highest BCUT2D eigenvalue weighted by Crippen LogP contribution is 2.48. The lowest BCUT2D eigenvalue weighted by atomic mass is 10.1. The minimum Gasteiger partial charge on any atom is -0.497 e. The number of primary amides is 1. The number of carbonyl (C=O) groups excluding carboxylic acids is 1. The zero-order valence-electron chi connectivity index (χ0n) is 10.1. The van der Waals surface area contributed by atoms with E-state index in [-0.39, 0.29) is 11.8 Å². The number of hydrogen-bond donors (Lipinski definition) is 1. The van der Waals surface area contributed by atoms with Crippen LogP contribution in [0.3, 0.4) is 0 Å². The fourth-order valence-electron chi connectivity index (χ4n) is 2.24. The lowest BCUT2D eigenvalue weighted by Crippen LogP contribution is -2.34. The van der Waals surface area contributed by atoms with Gasteiger partial charge in [-0.25, -0.2) is 0 Å². The molecule has 2 rings (SSSR count). The van der Waals surface area contributed by atoms with Gasteiger partial charge in [-0.1, -0.05) is 12.1 Å². The second-order valence-corrected chi connectivity index (χ2v) is 4.41. The lowest BCUT2D eigenvalue weighted by molar-refractivity contribution is -0.131. The number of ether oxygens (including phenoxy) is 2. The van der Waals surface area contributed by atoms with Gasteiger partial charge in [0.15, 0.2) is 0 Å². The maximum absolute atomic E-state index is 11.3. The zero-order valence-corrected chi connectivity index (χ0v) is 10.1. The summed E-state index contributed by atoms with van der Waals surface area (Å²) >= 11 is 0. The minimum absolute atomic E-state index is 0.193. The van der Waals surface area contributed by atoms with Crippen LogP contribution in [0, 0.1) is 5.92 Å². The third-order valence-electron chi connectivity index (χ3n) is 3.47. The molecule has 1 aliphatic carbocycles. The maximum Gasteiger partial charge on any atom is 0.249 e. The predicted octanol–water partition coefficient (Wildman–Crippen LogP) is 1.13. The Morgan fingerprint density at radius 3 is 2.47 bits per heavy atom. The van der Waals surface area contributed by atoms with Crippen molar-refractivity contribution >= 4 is 5.91 Å². The van der Waals surface area contributed by atoms with E-state index in [0.717, 1.165) is 17.7 Å². The van der Waals surface area contributed by atoms with E-state index >= 15 is 0 Å². The van der Waals surface area contributed by atoms with Gasteiger partial charge in [0.1, 0.15) is 11.4 Å². The molecule has 1 fully saturated rings. The summed E-state index contributed by atoms with van der Waals surface area (Å²) in [6, 6.07) is 7.82. The fourth-order valence-corrected chi connectivity index (χ4v) is 2.24. The topological polar surface area (TPSA) is 61.6 Å². The highest BCUT2D eigenvalue weighted by molar-refractivity contribution is 5.87. The number of benzene rings is 1. The van der Waals surface area contributed by atoms with Crippen LogP contribution in [0.1, 0.15) is 12.0 Å². The van der Waals surface area contributed by atoms with Crippen LogP contribution >= 0.6 is 0 Å². The molecule has 2 N–H and O–H groups in total. The summed E-state index contributed by atoms with van der Waals surface area (Å²) in [5.41, 5.74) is 5.78. The second kappa shape index (κ2) is 4.37. The molecular formula is C13H17NO3. The first-order valence-corrected chi connectivity index (χ1v) is 5.60. The van der Waals surface area contributed by atoms with Gasteiger partial charge in [-0.2, -0.15) is 0 Å². The van der Waals surface area contributed by atoms with Gasteiger partial charge < -0.3 is 15.2 Å². The average Bonchev–Trinajstić information content (AvgIpc) is 3.05. The van der Waals surface area contributed by atoms with Crippen molar-refractivity contribution in [2.24, 2.45) is 11.7 Å². The summed E-state index contributed by atoms with van der Waals surface area (Å²) < 4.78 is 10.3. The van der Waals surface area contributed by atoms with Gasteiger partial charge in [0.05, 0.1) is 7.11 Å². The SMILES string of the molecule is COc1ccc(CC2CC2(OC)C(N)=O)cc1. The normalized spacial score (nSPS) is 26.6. The van der Waals surface area contributed by atoms with Crippen LogP contribution in [0.25, 0.3) is 0 Å². The number of nitrogens with two attached hydrogens (primary N) is 1. The van der Waals surface area contributed by atoms with Gasteiger partial charge in [0, 0.05) is 13.0 Å². The van der Waals surface area contributed by atoms with Crippen LogP contribution < -0.4 is 10.5 Å². The average molecular weight is 235 g/mol. The Morgan fingerprint density at radius 2 is 2.06 bits per heavy atom. The molecule has 0 bridgehead atoms. The van der Waals surface area contributed by atoms with Crippen molar-refractivity contribution in [1.82, 2.24) is 0 Å². The van der Waals surface area contributed by atoms with E-state index in [4.69, 9.17) is 15.2 Å². The third-order valence-corrected chi connectivity index (χ3v) is 3.47. The van der Waals surface area contributed by atoms with E-state index < -0.39 is 5.60 Å². The summed E-state index contributed by atoms with van der Waals surface area (Å²) in [6.45, 7) is 0. The lowest BCUT2D eigenvalue weighted by Gasteiger charge is -2.11. The standard InChI is InChI=1S/C13H17NO3/c1-16-11-5-3-9(4-6-11)7-10-8-13(10,17-2)12(14)15/h3-6,10H,7-8H2,1-2H3,(H2,14,15). The van der Waals surface area contributed by atoms with Gasteiger partial charge in [-0.3, -0.25) is 4.79 Å². The van der Waals surface area contributed by atoms with Crippen LogP contribution in [0.15, 0.2) is 24.3 Å². The first-order valence-electron chi connectivity index (χ1n) is 5.60. The summed E-state index contributed by atoms with van der Waals surface area (Å²) in [4.78, 5) is 11.3. The highest BCUT2D eigenvalue weighted by Gasteiger charge is 2.59. The molecule has 2 unspecified atom stereocenters. The molecule has 1 amide bonds. The van der Waals surface area contributed by atoms with E-state index in [2.05, 4.69) is 0 Å². The summed E-state index contributed by atoms with van der Waals surface area (Å²) in [7, 11) is 3.18. The Labute approximate surface area is 101 Å². The quantitative estimate of drug-likeness (QED) is 0.832. The Hall–Kier alpha value is -1.55. The molecule has 17 heavy (non-hydrogen) atoms. The molecule has 0 aliphatic heterocycles. The third kappa shape index (κ3) is 2.13. The van der Waals surface area contributed by atoms with Gasteiger partial charge in [-0.15, -0.1) is 0 Å². The molecular weight excluding hydrogens is 218 g/mol. The molecule has 1 saturated carbocycles. The van der Waals surface area contributed by atoms with Gasteiger partial charge in [-0.05, 0) is 30.5 Å². The van der Waals surface area contributed by atoms with Gasteiger partial charge >= 0.3 is 0 Å². The van der Waals surface area contributed by atoms with Crippen LogP contribution in [0.5, 0.6) is 5.75 Å². The van der Waals surface area contributed by atoms with Crippen LogP contribution in [-0.4, -0.2) is 25.7 Å². The Morgan fingerprint density at radius 1 is 1.41 bits per heavy atom. The molecule has 0 spiro atoms. The molecule has 1 aliphatic rings. The minimum atomic E-state index is -0.736. The van der Waals surface area contributed by atoms with Gasteiger partial charge in [0.2, 0.25) is 5.91 Å². The van der Waals surface area contributed by atoms with Crippen molar-refractivity contribution in [3.8, 4) is 5.75 Å². The number of methoxy groups -OCH3 is 2. The number of rotatable bonds is 5. The Balaban J connectivity index is 2.01. The summed E-state index contributed by atoms with van der Waals surface area (Å²) in [6.07, 6.45) is 1.52. The number of carbonyl (C=O) groups is 1. The molecule has 2 atom stereocenters. The van der Waals surface area contributed by atoms with E-state index in [1.807, 2.05) is 24.3 Å². The first kappa shape index (κ1) is 11.9. The van der Waals surface area contributed by atoms with Crippen molar-refractivity contribution < 1.29 is 14.3 Å². The van der Waals surface area contributed by atoms with E-state index in [0.29, 0.717) is 6.42 Å². The van der Waals surface area contributed by atoms with Crippen molar-refractivity contribution in [3.63, 3.8) is 0 Å². The number of hydrogen-bond acceptors (Lipinski definition) is 3. The molecule has 4 nitrogen and oxygen atoms in total. The molecule has 1 aromatic carbocycles. The van der Waals surface area contributed by atoms with Crippen LogP contribution in [0.2, 0.25) is 0 Å².